The predicted molar refractivity (Wildman–Crippen MR) is 107 cm³/mol. The van der Waals surface area contributed by atoms with E-state index >= 15 is 0 Å². The second-order valence-electron chi connectivity index (χ2n) is 7.08. The molecule has 0 radical (unpaired) electrons. The molecule has 28 heavy (non-hydrogen) atoms. The van der Waals surface area contributed by atoms with E-state index in [0.29, 0.717) is 13.1 Å². The number of carbonyl (C=O) groups excluding carboxylic acids is 1. The Morgan fingerprint density at radius 3 is 2.64 bits per heavy atom. The van der Waals surface area contributed by atoms with Crippen LogP contribution in [0.25, 0.3) is 5.82 Å². The third kappa shape index (κ3) is 4.03. The maximum atomic E-state index is 12.6. The zero-order valence-corrected chi connectivity index (χ0v) is 16.0. The van der Waals surface area contributed by atoms with Crippen LogP contribution >= 0.6 is 0 Å². The van der Waals surface area contributed by atoms with E-state index in [9.17, 15) is 4.79 Å². The fourth-order valence-corrected chi connectivity index (χ4v) is 3.56. The summed E-state index contributed by atoms with van der Waals surface area (Å²) < 4.78 is 1.90. The summed E-state index contributed by atoms with van der Waals surface area (Å²) in [5.41, 5.74) is 1.11. The van der Waals surface area contributed by atoms with Crippen molar-refractivity contribution < 1.29 is 4.79 Å². The third-order valence-electron chi connectivity index (χ3n) is 5.13. The molecule has 3 aromatic rings. The van der Waals surface area contributed by atoms with E-state index < -0.39 is 0 Å². The van der Waals surface area contributed by atoms with Gasteiger partial charge in [0.1, 0.15) is 5.82 Å². The van der Waals surface area contributed by atoms with Gasteiger partial charge in [-0.15, -0.1) is 10.2 Å². The Morgan fingerprint density at radius 1 is 1.14 bits per heavy atom. The standard InChI is InChI=1S/C21H24N6O/c1-16-22-11-13-27(16)20-10-9-19(24-25-20)26-12-5-8-18(15-26)21(28)23-14-17-6-3-2-4-7-17/h2-4,6-7,9-11,13,18H,5,8,12,14-15H2,1H3,(H,23,28). The highest BCUT2D eigenvalue weighted by atomic mass is 16.1. The van der Waals surface area contributed by atoms with E-state index in [1.807, 2.05) is 60.2 Å². The summed E-state index contributed by atoms with van der Waals surface area (Å²) in [4.78, 5) is 19.0. The number of imidazole rings is 1. The maximum absolute atomic E-state index is 12.6. The average Bonchev–Trinajstić information content (AvgIpc) is 3.19. The monoisotopic (exact) mass is 376 g/mol. The Kier molecular flexibility index (Phi) is 5.32. The molecule has 1 N–H and O–H groups in total. The molecule has 3 heterocycles. The molecule has 7 heteroatoms. The molecule has 0 spiro atoms. The number of nitrogens with one attached hydrogen (secondary N) is 1. The average molecular weight is 376 g/mol. The lowest BCUT2D eigenvalue weighted by atomic mass is 9.97. The first-order chi connectivity index (χ1) is 13.7. The zero-order chi connectivity index (χ0) is 19.3. The minimum atomic E-state index is -0.0326. The number of carbonyl (C=O) groups is 1. The summed E-state index contributed by atoms with van der Waals surface area (Å²) in [5, 5.41) is 11.8. The van der Waals surface area contributed by atoms with Crippen molar-refractivity contribution in [3.05, 3.63) is 66.2 Å². The van der Waals surface area contributed by atoms with Crippen LogP contribution in [0.5, 0.6) is 0 Å². The van der Waals surface area contributed by atoms with Gasteiger partial charge in [-0.2, -0.15) is 0 Å². The normalized spacial score (nSPS) is 16.8. The number of hydrogen-bond donors (Lipinski definition) is 1. The van der Waals surface area contributed by atoms with Crippen molar-refractivity contribution in [1.82, 2.24) is 25.1 Å². The van der Waals surface area contributed by atoms with Crippen molar-refractivity contribution in [3.63, 3.8) is 0 Å². The maximum Gasteiger partial charge on any atom is 0.225 e. The second kappa shape index (κ2) is 8.21. The Balaban J connectivity index is 1.38. The van der Waals surface area contributed by atoms with Crippen molar-refractivity contribution in [1.29, 1.82) is 0 Å². The molecule has 1 aliphatic rings. The molecule has 2 aromatic heterocycles. The van der Waals surface area contributed by atoms with E-state index in [4.69, 9.17) is 0 Å². The van der Waals surface area contributed by atoms with Crippen LogP contribution in [-0.4, -0.2) is 38.7 Å². The third-order valence-corrected chi connectivity index (χ3v) is 5.13. The van der Waals surface area contributed by atoms with E-state index in [-0.39, 0.29) is 11.8 Å². The number of aromatic nitrogens is 4. The Labute approximate surface area is 164 Å². The zero-order valence-electron chi connectivity index (χ0n) is 16.0. The van der Waals surface area contributed by atoms with Gasteiger partial charge < -0.3 is 10.2 Å². The van der Waals surface area contributed by atoms with Crippen molar-refractivity contribution in [2.24, 2.45) is 5.92 Å². The van der Waals surface area contributed by atoms with Gasteiger partial charge in [0.05, 0.1) is 5.92 Å². The molecule has 144 valence electrons. The van der Waals surface area contributed by atoms with Gasteiger partial charge in [-0.1, -0.05) is 30.3 Å². The number of hydrogen-bond acceptors (Lipinski definition) is 5. The number of anilines is 1. The summed E-state index contributed by atoms with van der Waals surface area (Å²) >= 11 is 0. The molecule has 0 aliphatic carbocycles. The van der Waals surface area contributed by atoms with Crippen LogP contribution in [-0.2, 0) is 11.3 Å². The van der Waals surface area contributed by atoms with Crippen LogP contribution in [0, 0.1) is 12.8 Å². The second-order valence-corrected chi connectivity index (χ2v) is 7.08. The van der Waals surface area contributed by atoms with Crippen molar-refractivity contribution >= 4 is 11.7 Å². The Bertz CT molecular complexity index is 922. The van der Waals surface area contributed by atoms with Gasteiger partial charge in [0.2, 0.25) is 5.91 Å². The minimum Gasteiger partial charge on any atom is -0.354 e. The van der Waals surface area contributed by atoms with Crippen LogP contribution in [0.1, 0.15) is 24.2 Å². The summed E-state index contributed by atoms with van der Waals surface area (Å²) in [6, 6.07) is 13.9. The fourth-order valence-electron chi connectivity index (χ4n) is 3.56. The van der Waals surface area contributed by atoms with Crippen LogP contribution < -0.4 is 10.2 Å². The van der Waals surface area contributed by atoms with Gasteiger partial charge in [-0.3, -0.25) is 9.36 Å². The predicted octanol–water partition coefficient (Wildman–Crippen LogP) is 2.50. The first-order valence-electron chi connectivity index (χ1n) is 9.61. The molecule has 0 saturated carbocycles. The molecule has 4 rings (SSSR count). The molecular formula is C21H24N6O. The molecular weight excluding hydrogens is 352 g/mol. The van der Waals surface area contributed by atoms with Gasteiger partial charge in [0.15, 0.2) is 11.6 Å². The van der Waals surface area contributed by atoms with Crippen molar-refractivity contribution in [3.8, 4) is 5.82 Å². The summed E-state index contributed by atoms with van der Waals surface area (Å²) in [7, 11) is 0. The topological polar surface area (TPSA) is 75.9 Å². The minimum absolute atomic E-state index is 0.0326. The molecule has 1 unspecified atom stereocenters. The molecule has 1 atom stereocenters. The van der Waals surface area contributed by atoms with Crippen LogP contribution in [0.15, 0.2) is 54.9 Å². The summed E-state index contributed by atoms with van der Waals surface area (Å²) in [6.07, 6.45) is 5.48. The van der Waals surface area contributed by atoms with Crippen molar-refractivity contribution in [2.75, 3.05) is 18.0 Å². The van der Waals surface area contributed by atoms with Gasteiger partial charge in [-0.05, 0) is 37.5 Å². The molecule has 7 nitrogen and oxygen atoms in total. The molecule has 0 bridgehead atoms. The van der Waals surface area contributed by atoms with Crippen LogP contribution in [0.4, 0.5) is 5.82 Å². The van der Waals surface area contributed by atoms with E-state index in [1.165, 1.54) is 0 Å². The first kappa shape index (κ1) is 18.2. The molecule has 1 saturated heterocycles. The van der Waals surface area contributed by atoms with Gasteiger partial charge in [0, 0.05) is 32.0 Å². The number of benzene rings is 1. The fraction of sp³-hybridized carbons (Fsp3) is 0.333. The van der Waals surface area contributed by atoms with Crippen LogP contribution in [0.3, 0.4) is 0 Å². The first-order valence-corrected chi connectivity index (χ1v) is 9.61. The lowest BCUT2D eigenvalue weighted by molar-refractivity contribution is -0.125. The van der Waals surface area contributed by atoms with Crippen LogP contribution in [0.2, 0.25) is 0 Å². The van der Waals surface area contributed by atoms with Gasteiger partial charge >= 0.3 is 0 Å². The molecule has 1 amide bonds. The molecule has 1 aliphatic heterocycles. The lowest BCUT2D eigenvalue weighted by Crippen LogP contribution is -2.43. The number of piperidine rings is 1. The highest BCUT2D eigenvalue weighted by molar-refractivity contribution is 5.79. The lowest BCUT2D eigenvalue weighted by Gasteiger charge is -2.32. The Hall–Kier alpha value is -3.22. The number of amides is 1. The summed E-state index contributed by atoms with van der Waals surface area (Å²) in [5.74, 6) is 2.49. The van der Waals surface area contributed by atoms with Crippen molar-refractivity contribution in [2.45, 2.75) is 26.3 Å². The summed E-state index contributed by atoms with van der Waals surface area (Å²) in [6.45, 7) is 4.05. The largest absolute Gasteiger partial charge is 0.354 e. The smallest absolute Gasteiger partial charge is 0.225 e. The van der Waals surface area contributed by atoms with E-state index in [2.05, 4.69) is 25.4 Å². The van der Waals surface area contributed by atoms with E-state index in [0.717, 1.165) is 42.4 Å². The van der Waals surface area contributed by atoms with Gasteiger partial charge in [0.25, 0.3) is 0 Å². The van der Waals surface area contributed by atoms with Gasteiger partial charge in [-0.25, -0.2) is 4.98 Å². The SMILES string of the molecule is Cc1nccn1-c1ccc(N2CCCC(C(=O)NCc3ccccc3)C2)nn1. The number of aryl methyl sites for hydroxylation is 1. The molecule has 1 aromatic carbocycles. The molecule has 1 fully saturated rings. The Morgan fingerprint density at radius 2 is 1.93 bits per heavy atom. The van der Waals surface area contributed by atoms with E-state index in [1.54, 1.807) is 6.20 Å². The number of nitrogens with zero attached hydrogens (tertiary/aromatic N) is 5. The number of rotatable bonds is 5. The quantitative estimate of drug-likeness (QED) is 0.740. The highest BCUT2D eigenvalue weighted by Gasteiger charge is 2.26. The highest BCUT2D eigenvalue weighted by Crippen LogP contribution is 2.22.